The first-order valence-electron chi connectivity index (χ1n) is 8.08. The molecule has 0 saturated heterocycles. The molecule has 2 aliphatic rings. The molecule has 0 aromatic rings. The molecule has 1 N–H and O–H groups in total. The molecule has 2 aliphatic carbocycles. The van der Waals surface area contributed by atoms with Gasteiger partial charge in [-0.1, -0.05) is 33.6 Å². The van der Waals surface area contributed by atoms with Crippen molar-refractivity contribution in [3.05, 3.63) is 0 Å². The topological polar surface area (TPSA) is 15.3 Å². The molecule has 2 rings (SSSR count). The zero-order valence-corrected chi connectivity index (χ0v) is 12.8. The molecule has 0 heterocycles. The molecular formula is C16H32N2. The van der Waals surface area contributed by atoms with E-state index in [0.29, 0.717) is 6.04 Å². The minimum Gasteiger partial charge on any atom is -0.313 e. The van der Waals surface area contributed by atoms with E-state index < -0.39 is 0 Å². The lowest BCUT2D eigenvalue weighted by Gasteiger charge is -2.47. The van der Waals surface area contributed by atoms with Crippen LogP contribution in [0.1, 0.15) is 59.3 Å². The second-order valence-electron chi connectivity index (χ2n) is 6.81. The van der Waals surface area contributed by atoms with Gasteiger partial charge < -0.3 is 5.32 Å². The van der Waals surface area contributed by atoms with Crippen LogP contribution in [0.2, 0.25) is 0 Å². The molecule has 0 aromatic carbocycles. The lowest BCUT2D eigenvalue weighted by atomic mass is 9.75. The van der Waals surface area contributed by atoms with Crippen molar-refractivity contribution < 1.29 is 0 Å². The van der Waals surface area contributed by atoms with Crippen molar-refractivity contribution in [1.29, 1.82) is 0 Å². The highest BCUT2D eigenvalue weighted by Gasteiger charge is 2.38. The van der Waals surface area contributed by atoms with Crippen molar-refractivity contribution in [2.24, 2.45) is 11.8 Å². The number of rotatable bonds is 4. The van der Waals surface area contributed by atoms with Gasteiger partial charge in [-0.05, 0) is 51.1 Å². The van der Waals surface area contributed by atoms with Gasteiger partial charge in [0, 0.05) is 18.1 Å². The standard InChI is InChI=1S/C16H32N2/c1-5-17-15-11-12(2)10-13(3)16(15)18(4)14-8-6-7-9-14/h12-17H,5-11H2,1-4H3. The molecular weight excluding hydrogens is 220 g/mol. The summed E-state index contributed by atoms with van der Waals surface area (Å²) in [6.45, 7) is 8.25. The molecule has 2 fully saturated rings. The van der Waals surface area contributed by atoms with Crippen molar-refractivity contribution in [2.45, 2.75) is 77.4 Å². The average Bonchev–Trinajstić information content (AvgIpc) is 2.81. The highest BCUT2D eigenvalue weighted by Crippen LogP contribution is 2.35. The van der Waals surface area contributed by atoms with Gasteiger partial charge in [-0.3, -0.25) is 4.90 Å². The summed E-state index contributed by atoms with van der Waals surface area (Å²) in [6.07, 6.45) is 8.50. The summed E-state index contributed by atoms with van der Waals surface area (Å²) >= 11 is 0. The van der Waals surface area contributed by atoms with Gasteiger partial charge >= 0.3 is 0 Å². The Morgan fingerprint density at radius 3 is 2.39 bits per heavy atom. The van der Waals surface area contributed by atoms with E-state index in [-0.39, 0.29) is 0 Å². The second-order valence-corrected chi connectivity index (χ2v) is 6.81. The number of hydrogen-bond donors (Lipinski definition) is 1. The van der Waals surface area contributed by atoms with Crippen LogP contribution >= 0.6 is 0 Å². The van der Waals surface area contributed by atoms with Gasteiger partial charge in [0.15, 0.2) is 0 Å². The van der Waals surface area contributed by atoms with Crippen LogP contribution in [0.4, 0.5) is 0 Å². The Kier molecular flexibility index (Phi) is 5.08. The van der Waals surface area contributed by atoms with Crippen LogP contribution in [-0.2, 0) is 0 Å². The Morgan fingerprint density at radius 2 is 1.78 bits per heavy atom. The van der Waals surface area contributed by atoms with E-state index in [1.165, 1.54) is 38.5 Å². The average molecular weight is 252 g/mol. The molecule has 18 heavy (non-hydrogen) atoms. The molecule has 0 amide bonds. The number of hydrogen-bond acceptors (Lipinski definition) is 2. The maximum Gasteiger partial charge on any atom is 0.0274 e. The fourth-order valence-electron chi connectivity index (χ4n) is 4.55. The lowest BCUT2D eigenvalue weighted by Crippen LogP contribution is -2.57. The van der Waals surface area contributed by atoms with Crippen LogP contribution in [0.15, 0.2) is 0 Å². The maximum absolute atomic E-state index is 3.76. The van der Waals surface area contributed by atoms with Crippen LogP contribution in [-0.4, -0.2) is 36.6 Å². The number of nitrogens with zero attached hydrogens (tertiary/aromatic N) is 1. The second kappa shape index (κ2) is 6.38. The van der Waals surface area contributed by atoms with Crippen LogP contribution in [0.25, 0.3) is 0 Å². The zero-order chi connectivity index (χ0) is 13.1. The van der Waals surface area contributed by atoms with Crippen molar-refractivity contribution in [3.63, 3.8) is 0 Å². The van der Waals surface area contributed by atoms with Crippen LogP contribution < -0.4 is 5.32 Å². The maximum atomic E-state index is 3.76. The number of nitrogens with one attached hydrogen (secondary N) is 1. The molecule has 0 radical (unpaired) electrons. The van der Waals surface area contributed by atoms with Crippen molar-refractivity contribution in [1.82, 2.24) is 10.2 Å². The highest BCUT2D eigenvalue weighted by molar-refractivity contribution is 4.95. The van der Waals surface area contributed by atoms with Crippen molar-refractivity contribution >= 4 is 0 Å². The third kappa shape index (κ3) is 3.08. The predicted octanol–water partition coefficient (Wildman–Crippen LogP) is 3.27. The van der Waals surface area contributed by atoms with Crippen molar-refractivity contribution in [3.8, 4) is 0 Å². The molecule has 2 heteroatoms. The van der Waals surface area contributed by atoms with Gasteiger partial charge in [0.2, 0.25) is 0 Å². The summed E-state index contributed by atoms with van der Waals surface area (Å²) in [5.41, 5.74) is 0. The zero-order valence-electron chi connectivity index (χ0n) is 12.8. The quantitative estimate of drug-likeness (QED) is 0.826. The van der Waals surface area contributed by atoms with Gasteiger partial charge in [0.25, 0.3) is 0 Å². The molecule has 0 spiro atoms. The molecule has 106 valence electrons. The van der Waals surface area contributed by atoms with E-state index in [1.54, 1.807) is 0 Å². The van der Waals surface area contributed by atoms with Gasteiger partial charge in [-0.25, -0.2) is 0 Å². The Hall–Kier alpha value is -0.0800. The first kappa shape index (κ1) is 14.3. The Labute approximate surface area is 114 Å². The van der Waals surface area contributed by atoms with Crippen LogP contribution in [0.3, 0.4) is 0 Å². The summed E-state index contributed by atoms with van der Waals surface area (Å²) in [5.74, 6) is 1.72. The van der Waals surface area contributed by atoms with E-state index in [9.17, 15) is 0 Å². The highest BCUT2D eigenvalue weighted by atomic mass is 15.2. The smallest absolute Gasteiger partial charge is 0.0274 e. The predicted molar refractivity (Wildman–Crippen MR) is 78.8 cm³/mol. The molecule has 2 nitrogen and oxygen atoms in total. The van der Waals surface area contributed by atoms with Gasteiger partial charge in [-0.2, -0.15) is 0 Å². The van der Waals surface area contributed by atoms with Gasteiger partial charge in [0.05, 0.1) is 0 Å². The minimum atomic E-state index is 0.708. The van der Waals surface area contributed by atoms with E-state index in [1.807, 2.05) is 0 Å². The Morgan fingerprint density at radius 1 is 1.11 bits per heavy atom. The Bertz CT molecular complexity index is 245. The van der Waals surface area contributed by atoms with E-state index in [0.717, 1.165) is 30.5 Å². The SMILES string of the molecule is CCNC1CC(C)CC(C)C1N(C)C1CCCC1. The minimum absolute atomic E-state index is 0.708. The number of likely N-dealkylation sites (N-methyl/N-ethyl adjacent to an activating group) is 2. The molecule has 0 bridgehead atoms. The lowest BCUT2D eigenvalue weighted by molar-refractivity contribution is 0.0526. The summed E-state index contributed by atoms with van der Waals surface area (Å²) in [4.78, 5) is 2.73. The third-order valence-electron chi connectivity index (χ3n) is 5.26. The van der Waals surface area contributed by atoms with E-state index in [4.69, 9.17) is 0 Å². The fourth-order valence-corrected chi connectivity index (χ4v) is 4.55. The van der Waals surface area contributed by atoms with E-state index in [2.05, 4.69) is 38.0 Å². The monoisotopic (exact) mass is 252 g/mol. The molecule has 0 aromatic heterocycles. The fraction of sp³-hybridized carbons (Fsp3) is 1.00. The first-order valence-corrected chi connectivity index (χ1v) is 8.08. The van der Waals surface area contributed by atoms with Gasteiger partial charge in [0.1, 0.15) is 0 Å². The summed E-state index contributed by atoms with van der Waals surface area (Å²) in [6, 6.07) is 2.32. The van der Waals surface area contributed by atoms with Gasteiger partial charge in [-0.15, -0.1) is 0 Å². The third-order valence-corrected chi connectivity index (χ3v) is 5.26. The van der Waals surface area contributed by atoms with Crippen molar-refractivity contribution in [2.75, 3.05) is 13.6 Å². The molecule has 2 saturated carbocycles. The largest absolute Gasteiger partial charge is 0.313 e. The van der Waals surface area contributed by atoms with Crippen LogP contribution in [0, 0.1) is 11.8 Å². The molecule has 4 unspecified atom stereocenters. The summed E-state index contributed by atoms with van der Waals surface area (Å²) < 4.78 is 0. The van der Waals surface area contributed by atoms with Crippen LogP contribution in [0.5, 0.6) is 0 Å². The molecule has 4 atom stereocenters. The summed E-state index contributed by atoms with van der Waals surface area (Å²) in [5, 5.41) is 3.76. The normalized spacial score (nSPS) is 38.5. The van der Waals surface area contributed by atoms with E-state index >= 15 is 0 Å². The summed E-state index contributed by atoms with van der Waals surface area (Å²) in [7, 11) is 2.39. The Balaban J connectivity index is 2.05. The first-order chi connectivity index (χ1) is 8.63. The molecule has 0 aliphatic heterocycles.